The molecule has 2 rings (SSSR count). The van der Waals surface area contributed by atoms with Gasteiger partial charge in [-0.15, -0.1) is 0 Å². The molecule has 1 aromatic rings. The Morgan fingerprint density at radius 3 is 2.67 bits per heavy atom. The van der Waals surface area contributed by atoms with Crippen molar-refractivity contribution in [2.24, 2.45) is 11.8 Å². The van der Waals surface area contributed by atoms with Crippen molar-refractivity contribution in [3.05, 3.63) is 29.8 Å². The average molecular weight is 392 g/mol. The Kier molecular flexibility index (Phi) is 7.91. The molecule has 1 aromatic carbocycles. The molecule has 0 spiro atoms. The van der Waals surface area contributed by atoms with Crippen molar-refractivity contribution in [1.29, 1.82) is 0 Å². The van der Waals surface area contributed by atoms with Crippen LogP contribution in [0.25, 0.3) is 6.08 Å². The molecule has 0 saturated heterocycles. The van der Waals surface area contributed by atoms with E-state index in [-0.39, 0.29) is 5.91 Å². The summed E-state index contributed by atoms with van der Waals surface area (Å²) in [4.78, 5) is 12.1. The van der Waals surface area contributed by atoms with Crippen LogP contribution < -0.4 is 25.6 Å². The van der Waals surface area contributed by atoms with E-state index in [9.17, 15) is 4.79 Å². The SMILES string of the molecule is COc1cccc(/C=C/C(=O)NNC(=S)N[C@H]2CCC[C@@H](C)[C@H]2C)c1OC. The van der Waals surface area contributed by atoms with Gasteiger partial charge < -0.3 is 14.8 Å². The Balaban J connectivity index is 1.85. The summed E-state index contributed by atoms with van der Waals surface area (Å²) >= 11 is 5.30. The van der Waals surface area contributed by atoms with Crippen LogP contribution in [0.5, 0.6) is 11.5 Å². The van der Waals surface area contributed by atoms with Gasteiger partial charge in [-0.05, 0) is 42.6 Å². The maximum absolute atomic E-state index is 12.1. The van der Waals surface area contributed by atoms with Crippen molar-refractivity contribution >= 4 is 29.3 Å². The van der Waals surface area contributed by atoms with Crippen molar-refractivity contribution < 1.29 is 14.3 Å². The van der Waals surface area contributed by atoms with Crippen molar-refractivity contribution in [1.82, 2.24) is 16.2 Å². The number of hydrogen-bond donors (Lipinski definition) is 3. The van der Waals surface area contributed by atoms with E-state index in [0.29, 0.717) is 34.5 Å². The van der Waals surface area contributed by atoms with Gasteiger partial charge in [0.05, 0.1) is 14.2 Å². The van der Waals surface area contributed by atoms with E-state index in [4.69, 9.17) is 21.7 Å². The van der Waals surface area contributed by atoms with Crippen LogP contribution in [0.1, 0.15) is 38.7 Å². The minimum Gasteiger partial charge on any atom is -0.493 e. The molecular weight excluding hydrogens is 362 g/mol. The van der Waals surface area contributed by atoms with Crippen molar-refractivity contribution in [3.63, 3.8) is 0 Å². The molecule has 0 unspecified atom stereocenters. The zero-order valence-electron chi connectivity index (χ0n) is 16.4. The van der Waals surface area contributed by atoms with Gasteiger partial charge >= 0.3 is 0 Å². The quantitative estimate of drug-likeness (QED) is 0.407. The Morgan fingerprint density at radius 1 is 1.19 bits per heavy atom. The molecule has 0 radical (unpaired) electrons. The Hall–Kier alpha value is -2.28. The smallest absolute Gasteiger partial charge is 0.262 e. The second-order valence-corrected chi connectivity index (χ2v) is 7.29. The van der Waals surface area contributed by atoms with Crippen LogP contribution in [0, 0.1) is 11.8 Å². The summed E-state index contributed by atoms with van der Waals surface area (Å²) in [7, 11) is 3.14. The van der Waals surface area contributed by atoms with Gasteiger partial charge in [0.1, 0.15) is 0 Å². The molecule has 148 valence electrons. The van der Waals surface area contributed by atoms with Gasteiger partial charge in [0.2, 0.25) is 0 Å². The zero-order valence-corrected chi connectivity index (χ0v) is 17.2. The Bertz CT molecular complexity index is 693. The number of carbonyl (C=O) groups is 1. The van der Waals surface area contributed by atoms with Gasteiger partial charge in [0.25, 0.3) is 5.91 Å². The molecule has 1 saturated carbocycles. The molecule has 27 heavy (non-hydrogen) atoms. The minimum absolute atomic E-state index is 0.311. The van der Waals surface area contributed by atoms with Gasteiger partial charge in [-0.2, -0.15) is 0 Å². The summed E-state index contributed by atoms with van der Waals surface area (Å²) < 4.78 is 10.6. The third-order valence-corrected chi connectivity index (χ3v) is 5.39. The molecule has 0 heterocycles. The number of benzene rings is 1. The lowest BCUT2D eigenvalue weighted by Gasteiger charge is -2.35. The highest BCUT2D eigenvalue weighted by Crippen LogP contribution is 2.31. The van der Waals surface area contributed by atoms with Crippen LogP contribution in [0.15, 0.2) is 24.3 Å². The standard InChI is InChI=1S/C20H29N3O3S/c1-13-7-5-9-16(14(13)2)21-20(27)23-22-18(24)12-11-15-8-6-10-17(25-3)19(15)26-4/h6,8,10-14,16H,5,7,9H2,1-4H3,(H,22,24)(H2,21,23,27)/b12-11+/t13-,14-,16+/m1/s1. The third kappa shape index (κ3) is 5.85. The summed E-state index contributed by atoms with van der Waals surface area (Å²) in [5, 5.41) is 3.74. The number of rotatable bonds is 5. The van der Waals surface area contributed by atoms with Crippen molar-refractivity contribution in [2.75, 3.05) is 14.2 Å². The van der Waals surface area contributed by atoms with E-state index in [1.54, 1.807) is 26.4 Å². The second-order valence-electron chi connectivity index (χ2n) is 6.88. The summed E-state index contributed by atoms with van der Waals surface area (Å²) in [6.45, 7) is 4.52. The van der Waals surface area contributed by atoms with Crippen LogP contribution in [0.2, 0.25) is 0 Å². The number of ether oxygens (including phenoxy) is 2. The normalized spacial score (nSPS) is 22.1. The van der Waals surface area contributed by atoms with E-state index in [0.717, 1.165) is 12.0 Å². The van der Waals surface area contributed by atoms with Gasteiger partial charge in [-0.3, -0.25) is 15.6 Å². The van der Waals surface area contributed by atoms with Gasteiger partial charge in [-0.1, -0.05) is 38.8 Å². The first kappa shape index (κ1) is 21.0. The molecule has 1 aliphatic rings. The number of hydrazine groups is 1. The molecule has 0 bridgehead atoms. The van der Waals surface area contributed by atoms with Crippen LogP contribution in [0.4, 0.5) is 0 Å². The number of amides is 1. The number of thiocarbonyl (C=S) groups is 1. The lowest BCUT2D eigenvalue weighted by molar-refractivity contribution is -0.116. The molecule has 0 aromatic heterocycles. The van der Waals surface area contributed by atoms with E-state index >= 15 is 0 Å². The van der Waals surface area contributed by atoms with E-state index < -0.39 is 0 Å². The molecule has 3 atom stereocenters. The number of carbonyl (C=O) groups excluding carboxylic acids is 1. The maximum atomic E-state index is 12.1. The highest BCUT2D eigenvalue weighted by Gasteiger charge is 2.27. The van der Waals surface area contributed by atoms with Crippen molar-refractivity contribution in [3.8, 4) is 11.5 Å². The number of hydrogen-bond acceptors (Lipinski definition) is 4. The van der Waals surface area contributed by atoms with Crippen molar-refractivity contribution in [2.45, 2.75) is 39.2 Å². The molecule has 7 heteroatoms. The Labute approximate surface area is 166 Å². The first-order valence-corrected chi connectivity index (χ1v) is 9.62. The lowest BCUT2D eigenvalue weighted by atomic mass is 9.78. The second kappa shape index (κ2) is 10.2. The maximum Gasteiger partial charge on any atom is 0.262 e. The fraction of sp³-hybridized carbons (Fsp3) is 0.500. The number of methoxy groups -OCH3 is 2. The Morgan fingerprint density at radius 2 is 1.96 bits per heavy atom. The molecule has 3 N–H and O–H groups in total. The van der Waals surface area contributed by atoms with Gasteiger partial charge in [-0.25, -0.2) is 0 Å². The average Bonchev–Trinajstić information content (AvgIpc) is 2.67. The summed E-state index contributed by atoms with van der Waals surface area (Å²) in [5.74, 6) is 2.10. The topological polar surface area (TPSA) is 71.6 Å². The van der Waals surface area contributed by atoms with E-state index in [1.807, 2.05) is 12.1 Å². The summed E-state index contributed by atoms with van der Waals surface area (Å²) in [5.41, 5.74) is 6.10. The molecular formula is C20H29N3O3S. The molecule has 1 aliphatic carbocycles. The first-order chi connectivity index (χ1) is 13.0. The predicted octanol–water partition coefficient (Wildman–Crippen LogP) is 3.04. The molecule has 1 fully saturated rings. The van der Waals surface area contributed by atoms with Crippen LogP contribution in [-0.4, -0.2) is 31.3 Å². The van der Waals surface area contributed by atoms with Crippen LogP contribution in [-0.2, 0) is 4.79 Å². The predicted molar refractivity (Wildman–Crippen MR) is 112 cm³/mol. The number of nitrogens with one attached hydrogen (secondary N) is 3. The van der Waals surface area contributed by atoms with E-state index in [1.165, 1.54) is 18.9 Å². The lowest BCUT2D eigenvalue weighted by Crippen LogP contribution is -2.52. The monoisotopic (exact) mass is 391 g/mol. The van der Waals surface area contributed by atoms with Gasteiger partial charge in [0.15, 0.2) is 16.6 Å². The van der Waals surface area contributed by atoms with Gasteiger partial charge in [0, 0.05) is 17.7 Å². The fourth-order valence-electron chi connectivity index (χ4n) is 3.36. The highest BCUT2D eigenvalue weighted by atomic mass is 32.1. The summed E-state index contributed by atoms with van der Waals surface area (Å²) in [6, 6.07) is 5.82. The first-order valence-electron chi connectivity index (χ1n) is 9.21. The molecule has 1 amide bonds. The largest absolute Gasteiger partial charge is 0.493 e. The van der Waals surface area contributed by atoms with E-state index in [2.05, 4.69) is 30.0 Å². The fourth-order valence-corrected chi connectivity index (χ4v) is 3.56. The highest BCUT2D eigenvalue weighted by molar-refractivity contribution is 7.80. The minimum atomic E-state index is -0.311. The summed E-state index contributed by atoms with van der Waals surface area (Å²) in [6.07, 6.45) is 6.63. The third-order valence-electron chi connectivity index (χ3n) is 5.17. The zero-order chi connectivity index (χ0) is 19.8. The molecule has 6 nitrogen and oxygen atoms in total. The number of para-hydroxylation sites is 1. The van der Waals surface area contributed by atoms with Crippen LogP contribution >= 0.6 is 12.2 Å². The van der Waals surface area contributed by atoms with Crippen LogP contribution in [0.3, 0.4) is 0 Å². The molecule has 0 aliphatic heterocycles.